The molecular formula is C19H16N2OS. The van der Waals surface area contributed by atoms with Gasteiger partial charge in [0.2, 0.25) is 0 Å². The summed E-state index contributed by atoms with van der Waals surface area (Å²) in [4.78, 5) is 19.3. The average molecular weight is 320 g/mol. The van der Waals surface area contributed by atoms with E-state index in [1.54, 1.807) is 11.3 Å². The second kappa shape index (κ2) is 5.63. The monoisotopic (exact) mass is 320 g/mol. The second-order valence-electron chi connectivity index (χ2n) is 5.71. The molecule has 1 amide bonds. The van der Waals surface area contributed by atoms with Gasteiger partial charge in [0.05, 0.1) is 0 Å². The minimum Gasteiger partial charge on any atom is -0.308 e. The molecule has 3 aromatic rings. The maximum Gasteiger partial charge on any atom is 0.258 e. The molecule has 0 radical (unpaired) electrons. The van der Waals surface area contributed by atoms with Crippen LogP contribution in [0.3, 0.4) is 0 Å². The molecule has 0 unspecified atom stereocenters. The summed E-state index contributed by atoms with van der Waals surface area (Å²) < 4.78 is 0. The summed E-state index contributed by atoms with van der Waals surface area (Å²) in [6.45, 7) is 2.73. The number of hydrogen-bond acceptors (Lipinski definition) is 3. The zero-order valence-corrected chi connectivity index (χ0v) is 13.6. The molecule has 114 valence electrons. The molecule has 0 bridgehead atoms. The minimum atomic E-state index is 0.0603. The van der Waals surface area contributed by atoms with Crippen molar-refractivity contribution in [1.82, 2.24) is 4.98 Å². The number of nitrogens with zero attached hydrogens (tertiary/aromatic N) is 2. The molecule has 0 saturated heterocycles. The SMILES string of the molecule is Cc1csc(-c2cccc(C(=O)N3CCc4ccccc43)c2)n1. The van der Waals surface area contributed by atoms with Crippen LogP contribution in [0.4, 0.5) is 5.69 Å². The fourth-order valence-electron chi connectivity index (χ4n) is 2.98. The third kappa shape index (κ3) is 2.55. The fraction of sp³-hybridized carbons (Fsp3) is 0.158. The van der Waals surface area contributed by atoms with E-state index in [9.17, 15) is 4.79 Å². The Morgan fingerprint density at radius 2 is 2.04 bits per heavy atom. The van der Waals surface area contributed by atoms with Gasteiger partial charge in [0, 0.05) is 34.4 Å². The van der Waals surface area contributed by atoms with Crippen molar-refractivity contribution in [1.29, 1.82) is 0 Å². The van der Waals surface area contributed by atoms with E-state index in [1.807, 2.05) is 59.7 Å². The first-order valence-electron chi connectivity index (χ1n) is 7.65. The van der Waals surface area contributed by atoms with Gasteiger partial charge in [-0.1, -0.05) is 30.3 Å². The molecule has 0 N–H and O–H groups in total. The van der Waals surface area contributed by atoms with Gasteiger partial charge in [-0.25, -0.2) is 4.98 Å². The molecule has 0 fully saturated rings. The molecule has 2 aromatic carbocycles. The number of amides is 1. The Morgan fingerprint density at radius 1 is 1.17 bits per heavy atom. The lowest BCUT2D eigenvalue weighted by atomic mass is 10.1. The summed E-state index contributed by atoms with van der Waals surface area (Å²) >= 11 is 1.61. The summed E-state index contributed by atoms with van der Waals surface area (Å²) in [5.41, 5.74) is 5.00. The van der Waals surface area contributed by atoms with Crippen LogP contribution in [0.1, 0.15) is 21.6 Å². The van der Waals surface area contributed by atoms with Gasteiger partial charge in [0.15, 0.2) is 0 Å². The zero-order valence-electron chi connectivity index (χ0n) is 12.8. The van der Waals surface area contributed by atoms with Gasteiger partial charge in [-0.15, -0.1) is 11.3 Å². The third-order valence-corrected chi connectivity index (χ3v) is 5.12. The summed E-state index contributed by atoms with van der Waals surface area (Å²) in [6.07, 6.45) is 0.924. The van der Waals surface area contributed by atoms with E-state index in [4.69, 9.17) is 0 Å². The highest BCUT2D eigenvalue weighted by Crippen LogP contribution is 2.30. The molecular weight excluding hydrogens is 304 g/mol. The van der Waals surface area contributed by atoms with Crippen molar-refractivity contribution in [2.24, 2.45) is 0 Å². The Morgan fingerprint density at radius 3 is 2.87 bits per heavy atom. The minimum absolute atomic E-state index is 0.0603. The Labute approximate surface area is 139 Å². The molecule has 3 nitrogen and oxygen atoms in total. The van der Waals surface area contributed by atoms with Crippen LogP contribution in [-0.4, -0.2) is 17.4 Å². The van der Waals surface area contributed by atoms with Gasteiger partial charge < -0.3 is 4.90 Å². The topological polar surface area (TPSA) is 33.2 Å². The first kappa shape index (κ1) is 14.2. The number of carbonyl (C=O) groups excluding carboxylic acids is 1. The molecule has 4 rings (SSSR count). The summed E-state index contributed by atoms with van der Waals surface area (Å²) in [5.74, 6) is 0.0603. The van der Waals surface area contributed by atoms with Gasteiger partial charge in [-0.05, 0) is 37.1 Å². The quantitative estimate of drug-likeness (QED) is 0.704. The van der Waals surface area contributed by atoms with Gasteiger partial charge >= 0.3 is 0 Å². The number of aromatic nitrogens is 1. The van der Waals surface area contributed by atoms with Crippen molar-refractivity contribution in [3.8, 4) is 10.6 Å². The summed E-state index contributed by atoms with van der Waals surface area (Å²) in [5, 5.41) is 2.99. The standard InChI is InChI=1S/C19H16N2OS/c1-13-12-23-18(20-13)15-6-4-7-16(11-15)19(22)21-10-9-14-5-2-3-8-17(14)21/h2-8,11-12H,9-10H2,1H3. The van der Waals surface area contributed by atoms with Crippen molar-refractivity contribution in [2.75, 3.05) is 11.4 Å². The van der Waals surface area contributed by atoms with E-state index in [2.05, 4.69) is 11.1 Å². The molecule has 0 saturated carbocycles. The number of thiazole rings is 1. The maximum absolute atomic E-state index is 12.9. The van der Waals surface area contributed by atoms with Crippen molar-refractivity contribution in [3.63, 3.8) is 0 Å². The Balaban J connectivity index is 1.68. The Hall–Kier alpha value is -2.46. The molecule has 2 heterocycles. The summed E-state index contributed by atoms with van der Waals surface area (Å²) in [7, 11) is 0. The second-order valence-corrected chi connectivity index (χ2v) is 6.57. The largest absolute Gasteiger partial charge is 0.308 e. The normalized spacial score (nSPS) is 13.2. The smallest absolute Gasteiger partial charge is 0.258 e. The van der Waals surface area contributed by atoms with E-state index in [1.165, 1.54) is 5.56 Å². The highest BCUT2D eigenvalue weighted by molar-refractivity contribution is 7.13. The number of carbonyl (C=O) groups is 1. The number of aryl methyl sites for hydroxylation is 1. The first-order valence-corrected chi connectivity index (χ1v) is 8.53. The van der Waals surface area contributed by atoms with Crippen LogP contribution in [0.5, 0.6) is 0 Å². The van der Waals surface area contributed by atoms with Crippen molar-refractivity contribution < 1.29 is 4.79 Å². The molecule has 1 aliphatic heterocycles. The van der Waals surface area contributed by atoms with Gasteiger partial charge in [0.1, 0.15) is 5.01 Å². The van der Waals surface area contributed by atoms with E-state index < -0.39 is 0 Å². The van der Waals surface area contributed by atoms with Crippen LogP contribution in [0.15, 0.2) is 53.9 Å². The third-order valence-electron chi connectivity index (χ3n) is 4.11. The first-order chi connectivity index (χ1) is 11.2. The van der Waals surface area contributed by atoms with Crippen LogP contribution in [0.25, 0.3) is 10.6 Å². The van der Waals surface area contributed by atoms with Crippen LogP contribution >= 0.6 is 11.3 Å². The summed E-state index contributed by atoms with van der Waals surface area (Å²) in [6, 6.07) is 15.9. The van der Waals surface area contributed by atoms with Gasteiger partial charge in [-0.2, -0.15) is 0 Å². The highest BCUT2D eigenvalue weighted by Gasteiger charge is 2.25. The van der Waals surface area contributed by atoms with E-state index in [0.29, 0.717) is 5.56 Å². The Bertz CT molecular complexity index is 884. The molecule has 1 aliphatic rings. The van der Waals surface area contributed by atoms with Crippen molar-refractivity contribution in [2.45, 2.75) is 13.3 Å². The lowest BCUT2D eigenvalue weighted by molar-refractivity contribution is 0.0989. The molecule has 0 aliphatic carbocycles. The van der Waals surface area contributed by atoms with Crippen LogP contribution < -0.4 is 4.90 Å². The molecule has 1 aromatic heterocycles. The number of rotatable bonds is 2. The van der Waals surface area contributed by atoms with E-state index in [-0.39, 0.29) is 5.91 Å². The lowest BCUT2D eigenvalue weighted by Crippen LogP contribution is -2.28. The van der Waals surface area contributed by atoms with Crippen molar-refractivity contribution >= 4 is 22.9 Å². The number of benzene rings is 2. The fourth-order valence-corrected chi connectivity index (χ4v) is 3.77. The van der Waals surface area contributed by atoms with Crippen LogP contribution in [0, 0.1) is 6.92 Å². The van der Waals surface area contributed by atoms with Crippen molar-refractivity contribution in [3.05, 3.63) is 70.7 Å². The van der Waals surface area contributed by atoms with Crippen LogP contribution in [-0.2, 0) is 6.42 Å². The number of fused-ring (bicyclic) bond motifs is 1. The van der Waals surface area contributed by atoms with Gasteiger partial charge in [-0.3, -0.25) is 4.79 Å². The molecule has 0 spiro atoms. The number of anilines is 1. The zero-order chi connectivity index (χ0) is 15.8. The average Bonchev–Trinajstić information content (AvgIpc) is 3.20. The lowest BCUT2D eigenvalue weighted by Gasteiger charge is -2.17. The van der Waals surface area contributed by atoms with Gasteiger partial charge in [0.25, 0.3) is 5.91 Å². The number of para-hydroxylation sites is 1. The highest BCUT2D eigenvalue weighted by atomic mass is 32.1. The Kier molecular flexibility index (Phi) is 3.46. The van der Waals surface area contributed by atoms with Crippen LogP contribution in [0.2, 0.25) is 0 Å². The maximum atomic E-state index is 12.9. The van der Waals surface area contributed by atoms with E-state index >= 15 is 0 Å². The predicted molar refractivity (Wildman–Crippen MR) is 94.1 cm³/mol. The van der Waals surface area contributed by atoms with E-state index in [0.717, 1.165) is 34.9 Å². The predicted octanol–water partition coefficient (Wildman–Crippen LogP) is 4.32. The molecule has 0 atom stereocenters. The molecule has 23 heavy (non-hydrogen) atoms. The number of hydrogen-bond donors (Lipinski definition) is 0. The molecule has 4 heteroatoms.